The van der Waals surface area contributed by atoms with E-state index in [1.165, 1.54) is 0 Å². The Bertz CT molecular complexity index is 1180. The summed E-state index contributed by atoms with van der Waals surface area (Å²) in [5.41, 5.74) is 4.13. The van der Waals surface area contributed by atoms with Crippen LogP contribution in [0.3, 0.4) is 0 Å². The summed E-state index contributed by atoms with van der Waals surface area (Å²) in [6, 6.07) is 15.1. The van der Waals surface area contributed by atoms with E-state index in [0.29, 0.717) is 13.0 Å². The molecule has 0 aliphatic carbocycles. The fourth-order valence-corrected chi connectivity index (χ4v) is 5.22. The zero-order valence-corrected chi connectivity index (χ0v) is 19.4. The number of nitrogens with zero attached hydrogens (tertiary/aromatic N) is 3. The molecule has 1 saturated heterocycles. The minimum atomic E-state index is -0.496. The second-order valence-corrected chi connectivity index (χ2v) is 9.18. The molecule has 2 atom stereocenters. The molecule has 1 N–H and O–H groups in total. The number of methoxy groups -OCH3 is 1. The van der Waals surface area contributed by atoms with Gasteiger partial charge in [0.25, 0.3) is 0 Å². The Morgan fingerprint density at radius 1 is 1.09 bits per heavy atom. The summed E-state index contributed by atoms with van der Waals surface area (Å²) < 4.78 is 5.33. The number of aromatic amines is 1. The molecule has 7 nitrogen and oxygen atoms in total. The van der Waals surface area contributed by atoms with E-state index in [-0.39, 0.29) is 24.4 Å². The molecule has 2 aliphatic rings. The van der Waals surface area contributed by atoms with Gasteiger partial charge in [0.15, 0.2) is 0 Å². The summed E-state index contributed by atoms with van der Waals surface area (Å²) in [6.45, 7) is 1.61. The molecule has 172 valence electrons. The second kappa shape index (κ2) is 8.56. The molecule has 1 fully saturated rings. The fourth-order valence-electron chi connectivity index (χ4n) is 5.22. The van der Waals surface area contributed by atoms with Crippen molar-refractivity contribution >= 4 is 22.7 Å². The zero-order valence-electron chi connectivity index (χ0n) is 19.4. The Morgan fingerprint density at radius 2 is 1.85 bits per heavy atom. The SMILES string of the molecule is COc1ccc([C@@H]2c3[nH]c4ccccc4c3C[C@@H]3C(=O)N(CCCN(C)C)CC(=O)N23)cc1. The van der Waals surface area contributed by atoms with Gasteiger partial charge < -0.3 is 24.4 Å². The van der Waals surface area contributed by atoms with Gasteiger partial charge in [0.1, 0.15) is 11.8 Å². The van der Waals surface area contributed by atoms with E-state index in [2.05, 4.69) is 22.0 Å². The summed E-state index contributed by atoms with van der Waals surface area (Å²) in [4.78, 5) is 36.3. The minimum absolute atomic E-state index is 0.00502. The second-order valence-electron chi connectivity index (χ2n) is 9.18. The van der Waals surface area contributed by atoms with Crippen molar-refractivity contribution in [2.24, 2.45) is 0 Å². The molecule has 1 aromatic heterocycles. The summed E-state index contributed by atoms with van der Waals surface area (Å²) in [5, 5.41) is 1.12. The van der Waals surface area contributed by atoms with Gasteiger partial charge in [-0.2, -0.15) is 0 Å². The van der Waals surface area contributed by atoms with E-state index in [1.54, 1.807) is 12.0 Å². The standard InChI is InChI=1S/C26H30N4O3/c1-28(2)13-6-14-29-16-23(31)30-22(26(29)32)15-20-19-7-4-5-8-21(19)27-24(20)25(30)17-9-11-18(33-3)12-10-17/h4-5,7-12,22,25,27H,6,13-16H2,1-3H3/t22-,25-/m1/s1. The van der Waals surface area contributed by atoms with Gasteiger partial charge >= 0.3 is 0 Å². The maximum atomic E-state index is 13.6. The van der Waals surface area contributed by atoms with Gasteiger partial charge in [-0.25, -0.2) is 0 Å². The van der Waals surface area contributed by atoms with E-state index in [9.17, 15) is 9.59 Å². The molecule has 3 heterocycles. The van der Waals surface area contributed by atoms with Crippen molar-refractivity contribution in [2.75, 3.05) is 40.8 Å². The number of fused-ring (bicyclic) bond motifs is 4. The number of benzene rings is 2. The highest BCUT2D eigenvalue weighted by Crippen LogP contribution is 2.42. The lowest BCUT2D eigenvalue weighted by Crippen LogP contribution is -2.63. The van der Waals surface area contributed by atoms with Gasteiger partial charge in [0.05, 0.1) is 19.7 Å². The summed E-state index contributed by atoms with van der Waals surface area (Å²) in [5.74, 6) is 0.800. The maximum absolute atomic E-state index is 13.6. The van der Waals surface area contributed by atoms with Crippen LogP contribution in [0.2, 0.25) is 0 Å². The van der Waals surface area contributed by atoms with E-state index < -0.39 is 6.04 Å². The number of nitrogens with one attached hydrogen (secondary N) is 1. The molecule has 0 saturated carbocycles. The molecular formula is C26H30N4O3. The number of aromatic nitrogens is 1. The normalized spacial score (nSPS) is 20.4. The van der Waals surface area contributed by atoms with Crippen molar-refractivity contribution in [2.45, 2.75) is 24.9 Å². The number of hydrogen-bond donors (Lipinski definition) is 1. The lowest BCUT2D eigenvalue weighted by molar-refractivity contribution is -0.158. The third kappa shape index (κ3) is 3.76. The Balaban J connectivity index is 1.57. The molecule has 2 amide bonds. The van der Waals surface area contributed by atoms with Crippen LogP contribution in [0.15, 0.2) is 48.5 Å². The van der Waals surface area contributed by atoms with Gasteiger partial charge in [0, 0.05) is 29.6 Å². The topological polar surface area (TPSA) is 68.9 Å². The number of para-hydroxylation sites is 1. The number of amides is 2. The molecule has 0 radical (unpaired) electrons. The Morgan fingerprint density at radius 3 is 2.58 bits per heavy atom. The van der Waals surface area contributed by atoms with Crippen LogP contribution in [-0.4, -0.2) is 78.4 Å². The van der Waals surface area contributed by atoms with Crippen molar-refractivity contribution in [1.82, 2.24) is 19.7 Å². The molecule has 0 unspecified atom stereocenters. The van der Waals surface area contributed by atoms with Crippen molar-refractivity contribution in [3.8, 4) is 5.75 Å². The van der Waals surface area contributed by atoms with E-state index >= 15 is 0 Å². The highest BCUT2D eigenvalue weighted by molar-refractivity contribution is 5.97. The number of rotatable bonds is 6. The van der Waals surface area contributed by atoms with Crippen molar-refractivity contribution in [1.29, 1.82) is 0 Å². The predicted molar refractivity (Wildman–Crippen MR) is 127 cm³/mol. The number of H-pyrrole nitrogens is 1. The summed E-state index contributed by atoms with van der Waals surface area (Å²) in [7, 11) is 5.67. The van der Waals surface area contributed by atoms with Crippen molar-refractivity contribution < 1.29 is 14.3 Å². The van der Waals surface area contributed by atoms with Crippen LogP contribution >= 0.6 is 0 Å². The third-order valence-electron chi connectivity index (χ3n) is 6.81. The average Bonchev–Trinajstić information content (AvgIpc) is 3.19. The van der Waals surface area contributed by atoms with Gasteiger partial charge in [-0.1, -0.05) is 30.3 Å². The van der Waals surface area contributed by atoms with Gasteiger partial charge in [0.2, 0.25) is 11.8 Å². The highest BCUT2D eigenvalue weighted by atomic mass is 16.5. The van der Waals surface area contributed by atoms with Gasteiger partial charge in [-0.15, -0.1) is 0 Å². The smallest absolute Gasteiger partial charge is 0.246 e. The van der Waals surface area contributed by atoms with Crippen LogP contribution in [0, 0.1) is 0 Å². The van der Waals surface area contributed by atoms with Crippen LogP contribution in [0.1, 0.15) is 29.3 Å². The molecule has 33 heavy (non-hydrogen) atoms. The Hall–Kier alpha value is -3.32. The van der Waals surface area contributed by atoms with Crippen LogP contribution in [0.5, 0.6) is 5.75 Å². The first kappa shape index (κ1) is 21.5. The first-order chi connectivity index (χ1) is 16.0. The molecular weight excluding hydrogens is 416 g/mol. The Kier molecular flexibility index (Phi) is 5.58. The number of piperazine rings is 1. The highest BCUT2D eigenvalue weighted by Gasteiger charge is 2.48. The van der Waals surface area contributed by atoms with E-state index in [0.717, 1.165) is 46.4 Å². The van der Waals surface area contributed by atoms with E-state index in [4.69, 9.17) is 4.74 Å². The first-order valence-corrected chi connectivity index (χ1v) is 11.5. The molecule has 7 heteroatoms. The predicted octanol–water partition coefficient (Wildman–Crippen LogP) is 2.81. The minimum Gasteiger partial charge on any atom is -0.497 e. The van der Waals surface area contributed by atoms with Crippen LogP contribution < -0.4 is 4.74 Å². The average molecular weight is 447 g/mol. The monoisotopic (exact) mass is 446 g/mol. The largest absolute Gasteiger partial charge is 0.497 e. The van der Waals surface area contributed by atoms with Crippen LogP contribution in [0.4, 0.5) is 0 Å². The lowest BCUT2D eigenvalue weighted by Gasteiger charge is -2.47. The van der Waals surface area contributed by atoms with Crippen LogP contribution in [-0.2, 0) is 16.0 Å². The third-order valence-corrected chi connectivity index (χ3v) is 6.81. The first-order valence-electron chi connectivity index (χ1n) is 11.5. The molecule has 2 aromatic carbocycles. The Labute approximate surface area is 193 Å². The molecule has 3 aromatic rings. The summed E-state index contributed by atoms with van der Waals surface area (Å²) in [6.07, 6.45) is 1.37. The lowest BCUT2D eigenvalue weighted by atomic mass is 9.86. The van der Waals surface area contributed by atoms with E-state index in [1.807, 2.05) is 55.4 Å². The van der Waals surface area contributed by atoms with Crippen molar-refractivity contribution in [3.05, 3.63) is 65.4 Å². The number of ether oxygens (including phenoxy) is 1. The summed E-state index contributed by atoms with van der Waals surface area (Å²) >= 11 is 0. The number of carbonyl (C=O) groups is 2. The zero-order chi connectivity index (χ0) is 23.1. The molecule has 2 aliphatic heterocycles. The number of carbonyl (C=O) groups excluding carboxylic acids is 2. The fraction of sp³-hybridized carbons (Fsp3) is 0.385. The van der Waals surface area contributed by atoms with Gasteiger partial charge in [-0.05, 0) is 56.4 Å². The van der Waals surface area contributed by atoms with Crippen molar-refractivity contribution in [3.63, 3.8) is 0 Å². The van der Waals surface area contributed by atoms with Crippen LogP contribution in [0.25, 0.3) is 10.9 Å². The molecule has 0 bridgehead atoms. The van der Waals surface area contributed by atoms with Gasteiger partial charge in [-0.3, -0.25) is 9.59 Å². The quantitative estimate of drug-likeness (QED) is 0.632. The molecule has 5 rings (SSSR count). The molecule has 0 spiro atoms. The number of hydrogen-bond acceptors (Lipinski definition) is 4. The maximum Gasteiger partial charge on any atom is 0.246 e.